The number of thiophene rings is 1. The molecule has 0 saturated carbocycles. The van der Waals surface area contributed by atoms with Gasteiger partial charge in [-0.25, -0.2) is 4.68 Å². The highest BCUT2D eigenvalue weighted by Gasteiger charge is 2.06. The molecule has 0 unspecified atom stereocenters. The maximum Gasteiger partial charge on any atom is 0.220 e. The lowest BCUT2D eigenvalue weighted by Gasteiger charge is -2.03. The molecule has 0 saturated heterocycles. The number of hydrogen-bond acceptors (Lipinski definition) is 4. The minimum atomic E-state index is 0.0222. The summed E-state index contributed by atoms with van der Waals surface area (Å²) in [5.74, 6) is 0.0222. The van der Waals surface area contributed by atoms with Crippen molar-refractivity contribution in [3.8, 4) is 5.69 Å². The van der Waals surface area contributed by atoms with Gasteiger partial charge in [-0.1, -0.05) is 35.5 Å². The van der Waals surface area contributed by atoms with Crippen LogP contribution < -0.4 is 5.32 Å². The summed E-state index contributed by atoms with van der Waals surface area (Å²) >= 11 is 1.61. The summed E-state index contributed by atoms with van der Waals surface area (Å²) in [6, 6.07) is 12.0. The van der Waals surface area contributed by atoms with Gasteiger partial charge < -0.3 is 5.32 Å². The van der Waals surface area contributed by atoms with Gasteiger partial charge in [-0.15, -0.1) is 5.10 Å². The Morgan fingerprint density at radius 2 is 2.09 bits per heavy atom. The maximum atomic E-state index is 11.9. The molecule has 3 aromatic rings. The summed E-state index contributed by atoms with van der Waals surface area (Å²) in [6.07, 6.45) is 3.05. The van der Waals surface area contributed by atoms with Gasteiger partial charge in [-0.2, -0.15) is 11.3 Å². The van der Waals surface area contributed by atoms with Crippen molar-refractivity contribution in [2.24, 2.45) is 0 Å². The van der Waals surface area contributed by atoms with Crippen LogP contribution in [0.25, 0.3) is 5.69 Å². The summed E-state index contributed by atoms with van der Waals surface area (Å²) in [5.41, 5.74) is 2.90. The van der Waals surface area contributed by atoms with Crippen LogP contribution in [-0.4, -0.2) is 20.9 Å². The van der Waals surface area contributed by atoms with Crippen molar-refractivity contribution in [2.75, 3.05) is 0 Å². The van der Waals surface area contributed by atoms with E-state index in [1.807, 2.05) is 53.4 Å². The topological polar surface area (TPSA) is 59.8 Å². The van der Waals surface area contributed by atoms with Crippen molar-refractivity contribution >= 4 is 17.2 Å². The third-order valence-corrected chi connectivity index (χ3v) is 3.93. The molecule has 5 nitrogen and oxygen atoms in total. The van der Waals surface area contributed by atoms with Gasteiger partial charge >= 0.3 is 0 Å². The number of carbonyl (C=O) groups excluding carboxylic acids is 1. The summed E-state index contributed by atoms with van der Waals surface area (Å²) in [7, 11) is 0. The van der Waals surface area contributed by atoms with Crippen molar-refractivity contribution in [1.29, 1.82) is 0 Å². The smallest absolute Gasteiger partial charge is 0.220 e. The first kappa shape index (κ1) is 14.5. The monoisotopic (exact) mass is 312 g/mol. The van der Waals surface area contributed by atoms with Crippen LogP contribution in [0.15, 0.2) is 53.4 Å². The standard InChI is InChI=1S/C16H16N4OS/c21-16(7-6-13-4-2-1-3-5-13)17-10-14-11-20(19-18-14)15-8-9-22-12-15/h1-5,8-9,11-12H,6-7,10H2,(H,17,21). The molecule has 0 spiro atoms. The van der Waals surface area contributed by atoms with Gasteiger partial charge in [0.15, 0.2) is 0 Å². The molecule has 2 heterocycles. The van der Waals surface area contributed by atoms with Crippen LogP contribution in [0, 0.1) is 0 Å². The molecule has 0 fully saturated rings. The fourth-order valence-electron chi connectivity index (χ4n) is 2.07. The number of nitrogens with zero attached hydrogens (tertiary/aromatic N) is 3. The Balaban J connectivity index is 1.47. The highest BCUT2D eigenvalue weighted by Crippen LogP contribution is 2.10. The normalized spacial score (nSPS) is 10.5. The lowest BCUT2D eigenvalue weighted by molar-refractivity contribution is -0.121. The SMILES string of the molecule is O=C(CCc1ccccc1)NCc1cn(-c2ccsc2)nn1. The first-order valence-corrected chi connectivity index (χ1v) is 8.00. The Kier molecular flexibility index (Phi) is 4.60. The quantitative estimate of drug-likeness (QED) is 0.761. The van der Waals surface area contributed by atoms with Gasteiger partial charge in [-0.05, 0) is 23.4 Å². The van der Waals surface area contributed by atoms with E-state index in [9.17, 15) is 4.79 Å². The van der Waals surface area contributed by atoms with Gasteiger partial charge in [0.05, 0.1) is 18.4 Å². The number of aromatic nitrogens is 3. The fraction of sp³-hybridized carbons (Fsp3) is 0.188. The van der Waals surface area contributed by atoms with Gasteiger partial charge in [0.1, 0.15) is 5.69 Å². The molecule has 0 aliphatic heterocycles. The molecule has 22 heavy (non-hydrogen) atoms. The van der Waals surface area contributed by atoms with Crippen LogP contribution in [0.1, 0.15) is 17.7 Å². The minimum Gasteiger partial charge on any atom is -0.350 e. The zero-order valence-electron chi connectivity index (χ0n) is 12.0. The molecular formula is C16H16N4OS. The minimum absolute atomic E-state index is 0.0222. The number of aryl methyl sites for hydroxylation is 1. The van der Waals surface area contributed by atoms with Crippen molar-refractivity contribution in [1.82, 2.24) is 20.3 Å². The number of nitrogens with one attached hydrogen (secondary N) is 1. The van der Waals surface area contributed by atoms with Crippen LogP contribution in [0.5, 0.6) is 0 Å². The number of rotatable bonds is 6. The third-order valence-electron chi connectivity index (χ3n) is 3.26. The molecule has 0 aliphatic rings. The zero-order valence-corrected chi connectivity index (χ0v) is 12.8. The second kappa shape index (κ2) is 7.00. The van der Waals surface area contributed by atoms with Crippen LogP contribution in [0.4, 0.5) is 0 Å². The molecular weight excluding hydrogens is 296 g/mol. The molecule has 6 heteroatoms. The molecule has 0 bridgehead atoms. The molecule has 0 atom stereocenters. The Hall–Kier alpha value is -2.47. The molecule has 0 radical (unpaired) electrons. The number of amides is 1. The zero-order chi connectivity index (χ0) is 15.2. The van der Waals surface area contributed by atoms with Crippen LogP contribution in [-0.2, 0) is 17.8 Å². The predicted molar refractivity (Wildman–Crippen MR) is 85.8 cm³/mol. The summed E-state index contributed by atoms with van der Waals surface area (Å²) < 4.78 is 1.71. The largest absolute Gasteiger partial charge is 0.350 e. The van der Waals surface area contributed by atoms with E-state index in [1.165, 1.54) is 5.56 Å². The first-order chi connectivity index (χ1) is 10.8. The molecule has 112 valence electrons. The van der Waals surface area contributed by atoms with Crippen LogP contribution in [0.2, 0.25) is 0 Å². The van der Waals surface area contributed by atoms with Crippen LogP contribution in [0.3, 0.4) is 0 Å². The molecule has 1 aromatic carbocycles. The molecule has 1 amide bonds. The van der Waals surface area contributed by atoms with E-state index >= 15 is 0 Å². The van der Waals surface area contributed by atoms with E-state index < -0.39 is 0 Å². The lowest BCUT2D eigenvalue weighted by atomic mass is 10.1. The van der Waals surface area contributed by atoms with Crippen molar-refractivity contribution < 1.29 is 4.79 Å². The average Bonchev–Trinajstić information content (AvgIpc) is 3.22. The lowest BCUT2D eigenvalue weighted by Crippen LogP contribution is -2.23. The average molecular weight is 312 g/mol. The van der Waals surface area contributed by atoms with Gasteiger partial charge in [0.2, 0.25) is 5.91 Å². The van der Waals surface area contributed by atoms with Crippen molar-refractivity contribution in [2.45, 2.75) is 19.4 Å². The summed E-state index contributed by atoms with van der Waals surface area (Å²) in [6.45, 7) is 0.401. The van der Waals surface area contributed by atoms with E-state index in [1.54, 1.807) is 16.0 Å². The highest BCUT2D eigenvalue weighted by atomic mass is 32.1. The molecule has 3 rings (SSSR count). The van der Waals surface area contributed by atoms with E-state index in [-0.39, 0.29) is 5.91 Å². The predicted octanol–water partition coefficient (Wildman–Crippen LogP) is 2.58. The number of hydrogen-bond donors (Lipinski definition) is 1. The summed E-state index contributed by atoms with van der Waals surface area (Å²) in [4.78, 5) is 11.9. The second-order valence-corrected chi connectivity index (χ2v) is 5.68. The molecule has 1 N–H and O–H groups in total. The van der Waals surface area contributed by atoms with Gasteiger partial charge in [0, 0.05) is 11.8 Å². The third kappa shape index (κ3) is 3.79. The fourth-order valence-corrected chi connectivity index (χ4v) is 2.70. The first-order valence-electron chi connectivity index (χ1n) is 7.06. The van der Waals surface area contributed by atoms with E-state index in [0.717, 1.165) is 17.8 Å². The second-order valence-electron chi connectivity index (χ2n) is 4.90. The maximum absolute atomic E-state index is 11.9. The van der Waals surface area contributed by atoms with E-state index in [0.29, 0.717) is 13.0 Å². The summed E-state index contributed by atoms with van der Waals surface area (Å²) in [5, 5.41) is 15.0. The molecule has 0 aliphatic carbocycles. The van der Waals surface area contributed by atoms with Crippen molar-refractivity contribution in [3.63, 3.8) is 0 Å². The van der Waals surface area contributed by atoms with Crippen molar-refractivity contribution in [3.05, 3.63) is 64.6 Å². The Morgan fingerprint density at radius 1 is 1.23 bits per heavy atom. The molecule has 2 aromatic heterocycles. The van der Waals surface area contributed by atoms with Gasteiger partial charge in [-0.3, -0.25) is 4.79 Å². The highest BCUT2D eigenvalue weighted by molar-refractivity contribution is 7.08. The number of carbonyl (C=O) groups is 1. The Labute approximate surface area is 132 Å². The van der Waals surface area contributed by atoms with E-state index in [4.69, 9.17) is 0 Å². The van der Waals surface area contributed by atoms with Gasteiger partial charge in [0.25, 0.3) is 0 Å². The Morgan fingerprint density at radius 3 is 2.86 bits per heavy atom. The number of benzene rings is 1. The van der Waals surface area contributed by atoms with Crippen LogP contribution >= 0.6 is 11.3 Å². The Bertz CT molecular complexity index is 722. The van der Waals surface area contributed by atoms with E-state index in [2.05, 4.69) is 15.6 Å².